The van der Waals surface area contributed by atoms with Crippen molar-refractivity contribution in [1.82, 2.24) is 4.98 Å². The molecule has 0 bridgehead atoms. The van der Waals surface area contributed by atoms with Crippen LogP contribution < -0.4 is 10.6 Å². The predicted molar refractivity (Wildman–Crippen MR) is 70.9 cm³/mol. The van der Waals surface area contributed by atoms with Gasteiger partial charge in [0.25, 0.3) is 0 Å². The zero-order chi connectivity index (χ0) is 12.8. The normalized spacial score (nSPS) is 21.1. The van der Waals surface area contributed by atoms with E-state index in [-0.39, 0.29) is 0 Å². The van der Waals surface area contributed by atoms with Crippen LogP contribution >= 0.6 is 11.6 Å². The van der Waals surface area contributed by atoms with Gasteiger partial charge in [0.1, 0.15) is 5.82 Å². The summed E-state index contributed by atoms with van der Waals surface area (Å²) in [7, 11) is 0. The number of nitrogens with two attached hydrogens (primary N) is 1. The van der Waals surface area contributed by atoms with Gasteiger partial charge in [0.05, 0.1) is 10.6 Å². The summed E-state index contributed by atoms with van der Waals surface area (Å²) in [5.41, 5.74) is 6.10. The molecule has 96 valence electrons. The highest BCUT2D eigenvalue weighted by Crippen LogP contribution is 2.52. The SMILES string of the molecule is NC(=O)c1cnc(N2CCCC3(CC3)C2)c(Cl)c1. The van der Waals surface area contributed by atoms with E-state index in [9.17, 15) is 4.79 Å². The van der Waals surface area contributed by atoms with Gasteiger partial charge in [-0.3, -0.25) is 4.79 Å². The molecule has 18 heavy (non-hydrogen) atoms. The molecule has 1 spiro atoms. The van der Waals surface area contributed by atoms with Gasteiger partial charge in [-0.15, -0.1) is 0 Å². The lowest BCUT2D eigenvalue weighted by atomic mass is 9.95. The van der Waals surface area contributed by atoms with E-state index >= 15 is 0 Å². The Morgan fingerprint density at radius 2 is 2.22 bits per heavy atom. The Bertz CT molecular complexity index is 499. The van der Waals surface area contributed by atoms with Gasteiger partial charge in [0.15, 0.2) is 0 Å². The van der Waals surface area contributed by atoms with E-state index < -0.39 is 5.91 Å². The summed E-state index contributed by atoms with van der Waals surface area (Å²) in [4.78, 5) is 17.6. The van der Waals surface area contributed by atoms with Crippen LogP contribution in [-0.2, 0) is 0 Å². The van der Waals surface area contributed by atoms with Gasteiger partial charge >= 0.3 is 0 Å². The molecule has 1 saturated carbocycles. The molecule has 2 aliphatic rings. The highest BCUT2D eigenvalue weighted by atomic mass is 35.5. The van der Waals surface area contributed by atoms with Crippen molar-refractivity contribution in [2.45, 2.75) is 25.7 Å². The summed E-state index contributed by atoms with van der Waals surface area (Å²) < 4.78 is 0. The third-order valence-electron chi connectivity index (χ3n) is 4.02. The van der Waals surface area contributed by atoms with Gasteiger partial charge in [-0.25, -0.2) is 4.98 Å². The lowest BCUT2D eigenvalue weighted by Gasteiger charge is -2.34. The number of amides is 1. The van der Waals surface area contributed by atoms with Crippen LogP contribution in [0.2, 0.25) is 5.02 Å². The highest BCUT2D eigenvalue weighted by Gasteiger charge is 2.45. The molecule has 1 aliphatic heterocycles. The topological polar surface area (TPSA) is 59.2 Å². The maximum atomic E-state index is 11.1. The minimum Gasteiger partial charge on any atom is -0.366 e. The number of hydrogen-bond acceptors (Lipinski definition) is 3. The molecule has 2 N–H and O–H groups in total. The Kier molecular flexibility index (Phi) is 2.70. The predicted octanol–water partition coefficient (Wildman–Crippen LogP) is 2.21. The number of nitrogens with zero attached hydrogens (tertiary/aromatic N) is 2. The maximum absolute atomic E-state index is 11.1. The number of rotatable bonds is 2. The van der Waals surface area contributed by atoms with Crippen molar-refractivity contribution in [3.8, 4) is 0 Å². The van der Waals surface area contributed by atoms with Crippen molar-refractivity contribution >= 4 is 23.3 Å². The van der Waals surface area contributed by atoms with Crippen LogP contribution in [0.1, 0.15) is 36.0 Å². The molecule has 5 heteroatoms. The summed E-state index contributed by atoms with van der Waals surface area (Å²) in [6.45, 7) is 2.03. The Labute approximate surface area is 111 Å². The standard InChI is InChI=1S/C13H16ClN3O/c14-10-6-9(11(15)18)7-16-12(10)17-5-1-2-13(8-17)3-4-13/h6-7H,1-5,8H2,(H2,15,18). The maximum Gasteiger partial charge on any atom is 0.250 e. The van der Waals surface area contributed by atoms with Crippen LogP contribution in [-0.4, -0.2) is 24.0 Å². The van der Waals surface area contributed by atoms with Crippen LogP contribution in [0.5, 0.6) is 0 Å². The van der Waals surface area contributed by atoms with E-state index in [0.29, 0.717) is 16.0 Å². The Morgan fingerprint density at radius 1 is 1.44 bits per heavy atom. The van der Waals surface area contributed by atoms with E-state index in [4.69, 9.17) is 17.3 Å². The average molecular weight is 266 g/mol. The molecule has 0 atom stereocenters. The number of pyridine rings is 1. The zero-order valence-electron chi connectivity index (χ0n) is 10.2. The van der Waals surface area contributed by atoms with E-state index in [1.165, 1.54) is 31.9 Å². The number of piperidine rings is 1. The van der Waals surface area contributed by atoms with Crippen LogP contribution in [0.3, 0.4) is 0 Å². The minimum absolute atomic E-state index is 0.363. The second-order valence-electron chi connectivity index (χ2n) is 5.42. The third kappa shape index (κ3) is 2.05. The van der Waals surface area contributed by atoms with Crippen molar-refractivity contribution in [2.75, 3.05) is 18.0 Å². The zero-order valence-corrected chi connectivity index (χ0v) is 10.9. The van der Waals surface area contributed by atoms with Crippen LogP contribution in [0.25, 0.3) is 0 Å². The summed E-state index contributed by atoms with van der Waals surface area (Å²) in [5, 5.41) is 0.518. The molecule has 1 saturated heterocycles. The van der Waals surface area contributed by atoms with Crippen molar-refractivity contribution in [3.05, 3.63) is 22.8 Å². The summed E-state index contributed by atoms with van der Waals surface area (Å²) in [6, 6.07) is 1.61. The van der Waals surface area contributed by atoms with Crippen molar-refractivity contribution in [2.24, 2.45) is 11.1 Å². The molecule has 1 aromatic rings. The molecule has 1 aromatic heterocycles. The van der Waals surface area contributed by atoms with Gasteiger partial charge in [0, 0.05) is 19.3 Å². The van der Waals surface area contributed by atoms with Gasteiger partial charge in [-0.05, 0) is 37.2 Å². The van der Waals surface area contributed by atoms with Crippen molar-refractivity contribution in [1.29, 1.82) is 0 Å². The van der Waals surface area contributed by atoms with E-state index in [2.05, 4.69) is 9.88 Å². The number of aromatic nitrogens is 1. The number of primary amides is 1. The Balaban J connectivity index is 1.85. The van der Waals surface area contributed by atoms with Gasteiger partial charge in [0.2, 0.25) is 5.91 Å². The summed E-state index contributed by atoms with van der Waals surface area (Å²) in [5.74, 6) is 0.292. The number of anilines is 1. The fraction of sp³-hybridized carbons (Fsp3) is 0.538. The number of carbonyl (C=O) groups is 1. The molecule has 1 amide bonds. The Hall–Kier alpha value is -1.29. The fourth-order valence-electron chi connectivity index (χ4n) is 2.77. The van der Waals surface area contributed by atoms with E-state index in [0.717, 1.165) is 18.9 Å². The third-order valence-corrected chi connectivity index (χ3v) is 4.30. The lowest BCUT2D eigenvalue weighted by Crippen LogP contribution is -2.37. The van der Waals surface area contributed by atoms with Crippen LogP contribution in [0.4, 0.5) is 5.82 Å². The van der Waals surface area contributed by atoms with Crippen molar-refractivity contribution < 1.29 is 4.79 Å². The minimum atomic E-state index is -0.492. The van der Waals surface area contributed by atoms with Crippen molar-refractivity contribution in [3.63, 3.8) is 0 Å². The second-order valence-corrected chi connectivity index (χ2v) is 5.83. The van der Waals surface area contributed by atoms with Gasteiger partial charge in [-0.2, -0.15) is 0 Å². The summed E-state index contributed by atoms with van der Waals surface area (Å²) in [6.07, 6.45) is 6.66. The quantitative estimate of drug-likeness (QED) is 0.892. The molecular weight excluding hydrogens is 250 g/mol. The molecule has 1 aliphatic carbocycles. The lowest BCUT2D eigenvalue weighted by molar-refractivity contribution is 0.1000. The monoisotopic (exact) mass is 265 g/mol. The van der Waals surface area contributed by atoms with Gasteiger partial charge < -0.3 is 10.6 Å². The molecule has 3 rings (SSSR count). The number of hydrogen-bond donors (Lipinski definition) is 1. The highest BCUT2D eigenvalue weighted by molar-refractivity contribution is 6.33. The first-order chi connectivity index (χ1) is 8.60. The molecule has 2 heterocycles. The fourth-order valence-corrected chi connectivity index (χ4v) is 3.06. The van der Waals surface area contributed by atoms with Gasteiger partial charge in [-0.1, -0.05) is 11.6 Å². The largest absolute Gasteiger partial charge is 0.366 e. The van der Waals surface area contributed by atoms with Crippen LogP contribution in [0, 0.1) is 5.41 Å². The summed E-state index contributed by atoms with van der Waals surface area (Å²) >= 11 is 6.21. The molecule has 2 fully saturated rings. The second kappa shape index (κ2) is 4.12. The molecule has 0 radical (unpaired) electrons. The number of halogens is 1. The first-order valence-electron chi connectivity index (χ1n) is 6.30. The molecular formula is C13H16ClN3O. The molecule has 4 nitrogen and oxygen atoms in total. The van der Waals surface area contributed by atoms with E-state index in [1.807, 2.05) is 0 Å². The Morgan fingerprint density at radius 3 is 2.83 bits per heavy atom. The first kappa shape index (κ1) is 11.8. The van der Waals surface area contributed by atoms with E-state index in [1.54, 1.807) is 6.07 Å². The number of carbonyl (C=O) groups excluding carboxylic acids is 1. The van der Waals surface area contributed by atoms with Crippen LogP contribution in [0.15, 0.2) is 12.3 Å². The smallest absolute Gasteiger partial charge is 0.250 e. The first-order valence-corrected chi connectivity index (χ1v) is 6.68. The molecule has 0 aromatic carbocycles. The molecule has 0 unspecified atom stereocenters. The average Bonchev–Trinajstić information content (AvgIpc) is 3.08.